The monoisotopic (exact) mass is 472 g/mol. The Kier molecular flexibility index (Phi) is 8.62. The van der Waals surface area contributed by atoms with Gasteiger partial charge in [0.15, 0.2) is 0 Å². The van der Waals surface area contributed by atoms with Crippen LogP contribution in [0.3, 0.4) is 0 Å². The van der Waals surface area contributed by atoms with E-state index in [-0.39, 0.29) is 17.4 Å². The zero-order valence-electron chi connectivity index (χ0n) is 22.5. The van der Waals surface area contributed by atoms with E-state index in [9.17, 15) is 10.2 Å². The van der Waals surface area contributed by atoms with Crippen molar-refractivity contribution in [1.29, 1.82) is 0 Å². The summed E-state index contributed by atoms with van der Waals surface area (Å²) in [5.74, 6) is 0. The summed E-state index contributed by atoms with van der Waals surface area (Å²) >= 11 is 0. The van der Waals surface area contributed by atoms with Crippen LogP contribution in [0.1, 0.15) is 101 Å². The Morgan fingerprint density at radius 1 is 0.714 bits per heavy atom. The molecule has 2 heteroatoms. The Hall–Kier alpha value is -2.42. The summed E-state index contributed by atoms with van der Waals surface area (Å²) in [5, 5.41) is 22.4. The number of benzene rings is 3. The number of aliphatic hydroxyl groups excluding tert-OH is 2. The van der Waals surface area contributed by atoms with Gasteiger partial charge in [-0.1, -0.05) is 133 Å². The maximum atomic E-state index is 11.9. The van der Waals surface area contributed by atoms with Gasteiger partial charge in [0.1, 0.15) is 0 Å². The molecule has 188 valence electrons. The predicted molar refractivity (Wildman–Crippen MR) is 148 cm³/mol. The van der Waals surface area contributed by atoms with Crippen molar-refractivity contribution in [1.82, 2.24) is 0 Å². The highest BCUT2D eigenvalue weighted by Gasteiger charge is 2.40. The standard InChI is InChI=1S/C33H44O2/c1-7-9-22-33(8-2,24-34)30(35)28-21-20-27(31(3,4)25-16-12-10-13-17-25)23-29(28)32(5,6)26-18-14-11-15-19-26/h10-21,23,30,34-35H,7-9,22,24H2,1-6H3. The van der Waals surface area contributed by atoms with Crippen molar-refractivity contribution in [3.63, 3.8) is 0 Å². The smallest absolute Gasteiger partial charge is 0.0871 e. The Bertz CT molecular complexity index is 1060. The lowest BCUT2D eigenvalue weighted by Crippen LogP contribution is -2.35. The van der Waals surface area contributed by atoms with Crippen LogP contribution < -0.4 is 0 Å². The first-order valence-corrected chi connectivity index (χ1v) is 13.2. The minimum absolute atomic E-state index is 0.0207. The summed E-state index contributed by atoms with van der Waals surface area (Å²) in [7, 11) is 0. The number of hydrogen-bond acceptors (Lipinski definition) is 2. The normalized spacial score (nSPS) is 15.0. The van der Waals surface area contributed by atoms with E-state index in [4.69, 9.17) is 0 Å². The maximum absolute atomic E-state index is 11.9. The highest BCUT2D eigenvalue weighted by atomic mass is 16.3. The van der Waals surface area contributed by atoms with Crippen LogP contribution in [-0.2, 0) is 10.8 Å². The van der Waals surface area contributed by atoms with Crippen LogP contribution in [0, 0.1) is 5.41 Å². The highest BCUT2D eigenvalue weighted by Crippen LogP contribution is 2.47. The molecule has 3 aromatic carbocycles. The minimum Gasteiger partial charge on any atom is -0.396 e. The van der Waals surface area contributed by atoms with Gasteiger partial charge in [-0.25, -0.2) is 0 Å². The molecule has 3 aromatic rings. The molecule has 2 unspecified atom stereocenters. The molecule has 0 aromatic heterocycles. The zero-order chi connectivity index (χ0) is 25.7. The van der Waals surface area contributed by atoms with Gasteiger partial charge in [-0.05, 0) is 40.7 Å². The molecule has 0 bridgehead atoms. The lowest BCUT2D eigenvalue weighted by atomic mass is 9.67. The van der Waals surface area contributed by atoms with Gasteiger partial charge in [0, 0.05) is 16.2 Å². The average molecular weight is 473 g/mol. The molecule has 0 aliphatic heterocycles. The van der Waals surface area contributed by atoms with Gasteiger partial charge in [-0.3, -0.25) is 0 Å². The fraction of sp³-hybridized carbons (Fsp3) is 0.455. The Labute approximate surface area is 213 Å². The average Bonchev–Trinajstić information content (AvgIpc) is 2.90. The molecule has 3 rings (SSSR count). The fourth-order valence-corrected chi connectivity index (χ4v) is 5.40. The molecular weight excluding hydrogens is 428 g/mol. The van der Waals surface area contributed by atoms with E-state index in [1.807, 2.05) is 6.07 Å². The van der Waals surface area contributed by atoms with Crippen LogP contribution in [-0.4, -0.2) is 16.8 Å². The first kappa shape index (κ1) is 27.2. The van der Waals surface area contributed by atoms with Crippen LogP contribution in [0.25, 0.3) is 0 Å². The molecule has 0 amide bonds. The number of unbranched alkanes of at least 4 members (excludes halogenated alkanes) is 1. The highest BCUT2D eigenvalue weighted by molar-refractivity contribution is 5.49. The molecule has 0 radical (unpaired) electrons. The van der Waals surface area contributed by atoms with E-state index in [0.29, 0.717) is 0 Å². The molecule has 0 aliphatic carbocycles. The molecule has 35 heavy (non-hydrogen) atoms. The molecule has 0 heterocycles. The fourth-order valence-electron chi connectivity index (χ4n) is 5.40. The largest absolute Gasteiger partial charge is 0.396 e. The van der Waals surface area contributed by atoms with Gasteiger partial charge >= 0.3 is 0 Å². The first-order chi connectivity index (χ1) is 16.6. The molecule has 2 nitrogen and oxygen atoms in total. The minimum atomic E-state index is -0.740. The van der Waals surface area contributed by atoms with Crippen LogP contribution in [0.4, 0.5) is 0 Å². The lowest BCUT2D eigenvalue weighted by molar-refractivity contribution is -0.0310. The van der Waals surface area contributed by atoms with Crippen LogP contribution in [0.15, 0.2) is 78.9 Å². The Morgan fingerprint density at radius 3 is 1.74 bits per heavy atom. The number of rotatable bonds is 11. The molecule has 0 fully saturated rings. The maximum Gasteiger partial charge on any atom is 0.0871 e. The van der Waals surface area contributed by atoms with Gasteiger partial charge in [-0.2, -0.15) is 0 Å². The Morgan fingerprint density at radius 2 is 1.26 bits per heavy atom. The van der Waals surface area contributed by atoms with Crippen molar-refractivity contribution < 1.29 is 10.2 Å². The van der Waals surface area contributed by atoms with Crippen LogP contribution >= 0.6 is 0 Å². The van der Waals surface area contributed by atoms with Crippen molar-refractivity contribution in [3.8, 4) is 0 Å². The van der Waals surface area contributed by atoms with Gasteiger partial charge < -0.3 is 10.2 Å². The molecule has 0 saturated carbocycles. The quantitative estimate of drug-likeness (QED) is 0.297. The van der Waals surface area contributed by atoms with Gasteiger partial charge in [0.25, 0.3) is 0 Å². The summed E-state index contributed by atoms with van der Waals surface area (Å²) in [6.07, 6.45) is 2.83. The number of aliphatic hydroxyl groups is 2. The van der Waals surface area contributed by atoms with Crippen molar-refractivity contribution in [2.24, 2.45) is 5.41 Å². The zero-order valence-corrected chi connectivity index (χ0v) is 22.5. The predicted octanol–water partition coefficient (Wildman–Crippen LogP) is 7.95. The second kappa shape index (κ2) is 11.1. The number of hydrogen-bond donors (Lipinski definition) is 2. The van der Waals surface area contributed by atoms with Gasteiger partial charge in [0.05, 0.1) is 12.7 Å². The molecule has 2 atom stereocenters. The molecule has 0 spiro atoms. The van der Waals surface area contributed by atoms with Crippen LogP contribution in [0.2, 0.25) is 0 Å². The van der Waals surface area contributed by atoms with Crippen molar-refractivity contribution in [2.45, 2.75) is 84.2 Å². The van der Waals surface area contributed by atoms with Crippen molar-refractivity contribution >= 4 is 0 Å². The third-order valence-electron chi connectivity index (χ3n) is 8.36. The second-order valence-electron chi connectivity index (χ2n) is 11.2. The second-order valence-corrected chi connectivity index (χ2v) is 11.2. The van der Waals surface area contributed by atoms with E-state index in [2.05, 4.69) is 114 Å². The van der Waals surface area contributed by atoms with E-state index < -0.39 is 11.5 Å². The third kappa shape index (κ3) is 5.39. The lowest BCUT2D eigenvalue weighted by Gasteiger charge is -2.40. The van der Waals surface area contributed by atoms with Gasteiger partial charge in [0.2, 0.25) is 0 Å². The SMILES string of the molecule is CCCCC(CC)(CO)C(O)c1ccc(C(C)(C)c2ccccc2)cc1C(C)(C)c1ccccc1. The molecule has 0 saturated heterocycles. The molecular formula is C33H44O2. The summed E-state index contributed by atoms with van der Waals surface area (Å²) in [4.78, 5) is 0. The van der Waals surface area contributed by atoms with Gasteiger partial charge in [-0.15, -0.1) is 0 Å². The van der Waals surface area contributed by atoms with E-state index in [1.165, 1.54) is 16.7 Å². The topological polar surface area (TPSA) is 40.5 Å². The van der Waals surface area contributed by atoms with Crippen molar-refractivity contribution in [2.75, 3.05) is 6.61 Å². The summed E-state index contributed by atoms with van der Waals surface area (Å²) in [5.41, 5.74) is 4.69. The summed E-state index contributed by atoms with van der Waals surface area (Å²) in [6.45, 7) is 13.2. The third-order valence-corrected chi connectivity index (χ3v) is 8.36. The molecule has 2 N–H and O–H groups in total. The van der Waals surface area contributed by atoms with E-state index in [0.717, 1.165) is 36.8 Å². The van der Waals surface area contributed by atoms with E-state index in [1.54, 1.807) is 0 Å². The first-order valence-electron chi connectivity index (χ1n) is 13.2. The summed E-state index contributed by atoms with van der Waals surface area (Å²) < 4.78 is 0. The molecule has 0 aliphatic rings. The Balaban J connectivity index is 2.23. The van der Waals surface area contributed by atoms with E-state index >= 15 is 0 Å². The van der Waals surface area contributed by atoms with Crippen LogP contribution in [0.5, 0.6) is 0 Å². The summed E-state index contributed by atoms with van der Waals surface area (Å²) in [6, 6.07) is 27.7. The van der Waals surface area contributed by atoms with Crippen molar-refractivity contribution in [3.05, 3.63) is 107 Å².